The quantitative estimate of drug-likeness (QED) is 0.797. The van der Waals surface area contributed by atoms with Crippen LogP contribution < -0.4 is 10.9 Å². The molecule has 0 fully saturated rings. The Morgan fingerprint density at radius 1 is 1.35 bits per heavy atom. The third-order valence-corrected chi connectivity index (χ3v) is 4.02. The van der Waals surface area contributed by atoms with Gasteiger partial charge in [0.15, 0.2) is 0 Å². The van der Waals surface area contributed by atoms with Crippen molar-refractivity contribution in [2.75, 3.05) is 20.8 Å². The van der Waals surface area contributed by atoms with E-state index in [1.165, 1.54) is 0 Å². The van der Waals surface area contributed by atoms with Gasteiger partial charge in [0.25, 0.3) is 5.56 Å². The molecule has 0 saturated heterocycles. The highest BCUT2D eigenvalue weighted by Crippen LogP contribution is 2.24. The standard InChI is InChI=1S/C15H20N2O2S/c1-16-11-12-6-7-13(14-5-3-10-20-14)17(15(12)18)8-4-9-19-2/h3,5-7,10,16H,4,8-9,11H2,1-2H3. The predicted octanol–water partition coefficient (Wildman–Crippen LogP) is 2.33. The molecule has 0 aliphatic rings. The molecule has 0 aliphatic carbocycles. The van der Waals surface area contributed by atoms with Crippen LogP contribution >= 0.6 is 11.3 Å². The zero-order chi connectivity index (χ0) is 14.4. The molecule has 0 spiro atoms. The minimum Gasteiger partial charge on any atom is -0.385 e. The Bertz CT molecular complexity index is 590. The second-order valence-corrected chi connectivity index (χ2v) is 5.50. The van der Waals surface area contributed by atoms with Crippen LogP contribution in [0.2, 0.25) is 0 Å². The summed E-state index contributed by atoms with van der Waals surface area (Å²) in [5.41, 5.74) is 1.87. The molecule has 20 heavy (non-hydrogen) atoms. The van der Waals surface area contributed by atoms with Crippen molar-refractivity contribution in [1.82, 2.24) is 9.88 Å². The first-order valence-electron chi connectivity index (χ1n) is 6.68. The maximum absolute atomic E-state index is 12.6. The van der Waals surface area contributed by atoms with Crippen molar-refractivity contribution in [1.29, 1.82) is 0 Å². The van der Waals surface area contributed by atoms with Crippen LogP contribution in [0.25, 0.3) is 10.6 Å². The van der Waals surface area contributed by atoms with Gasteiger partial charge in [0.05, 0.1) is 10.6 Å². The van der Waals surface area contributed by atoms with Gasteiger partial charge in [0.2, 0.25) is 0 Å². The van der Waals surface area contributed by atoms with Gasteiger partial charge in [-0.25, -0.2) is 0 Å². The summed E-state index contributed by atoms with van der Waals surface area (Å²) in [6.45, 7) is 1.93. The maximum Gasteiger partial charge on any atom is 0.255 e. The molecule has 2 heterocycles. The molecule has 0 atom stereocenters. The van der Waals surface area contributed by atoms with Gasteiger partial charge in [-0.3, -0.25) is 4.79 Å². The zero-order valence-electron chi connectivity index (χ0n) is 11.9. The van der Waals surface area contributed by atoms with Gasteiger partial charge in [-0.05, 0) is 31.0 Å². The second kappa shape index (κ2) is 7.38. The van der Waals surface area contributed by atoms with Gasteiger partial charge in [-0.15, -0.1) is 11.3 Å². The van der Waals surface area contributed by atoms with Crippen LogP contribution in [0.1, 0.15) is 12.0 Å². The number of pyridine rings is 1. The van der Waals surface area contributed by atoms with Crippen molar-refractivity contribution in [2.24, 2.45) is 0 Å². The Hall–Kier alpha value is -1.43. The summed E-state index contributed by atoms with van der Waals surface area (Å²) in [6.07, 6.45) is 0.831. The lowest BCUT2D eigenvalue weighted by Crippen LogP contribution is -2.27. The molecule has 0 aliphatic heterocycles. The topological polar surface area (TPSA) is 43.3 Å². The van der Waals surface area contributed by atoms with E-state index in [4.69, 9.17) is 4.74 Å². The first kappa shape index (κ1) is 15.0. The molecule has 4 nitrogen and oxygen atoms in total. The molecule has 0 saturated carbocycles. The number of ether oxygens (including phenoxy) is 1. The molecule has 0 radical (unpaired) electrons. The fourth-order valence-electron chi connectivity index (χ4n) is 2.18. The molecule has 108 valence electrons. The fourth-order valence-corrected chi connectivity index (χ4v) is 2.94. The lowest BCUT2D eigenvalue weighted by molar-refractivity contribution is 0.190. The van der Waals surface area contributed by atoms with Crippen LogP contribution in [0.3, 0.4) is 0 Å². The Labute approximate surface area is 123 Å². The summed E-state index contributed by atoms with van der Waals surface area (Å²) < 4.78 is 6.95. The largest absolute Gasteiger partial charge is 0.385 e. The van der Waals surface area contributed by atoms with E-state index in [0.717, 1.165) is 22.6 Å². The molecule has 5 heteroatoms. The Morgan fingerprint density at radius 3 is 2.85 bits per heavy atom. The summed E-state index contributed by atoms with van der Waals surface area (Å²) in [5, 5.41) is 5.07. The Morgan fingerprint density at radius 2 is 2.20 bits per heavy atom. The van der Waals surface area contributed by atoms with Crippen molar-refractivity contribution < 1.29 is 4.74 Å². The number of nitrogens with one attached hydrogen (secondary N) is 1. The van der Waals surface area contributed by atoms with Crippen LogP contribution in [0, 0.1) is 0 Å². The van der Waals surface area contributed by atoms with E-state index in [2.05, 4.69) is 5.32 Å². The van der Waals surface area contributed by atoms with Crippen LogP contribution in [-0.4, -0.2) is 25.3 Å². The summed E-state index contributed by atoms with van der Waals surface area (Å²) in [6, 6.07) is 8.00. The third-order valence-electron chi connectivity index (χ3n) is 3.12. The molecule has 0 aromatic carbocycles. The summed E-state index contributed by atoms with van der Waals surface area (Å²) in [4.78, 5) is 13.7. The zero-order valence-corrected chi connectivity index (χ0v) is 12.7. The first-order chi connectivity index (χ1) is 9.77. The van der Waals surface area contributed by atoms with Gasteiger partial charge in [-0.2, -0.15) is 0 Å². The van der Waals surface area contributed by atoms with Crippen molar-refractivity contribution in [3.8, 4) is 10.6 Å². The smallest absolute Gasteiger partial charge is 0.255 e. The first-order valence-corrected chi connectivity index (χ1v) is 7.56. The Kier molecular flexibility index (Phi) is 5.52. The number of methoxy groups -OCH3 is 1. The van der Waals surface area contributed by atoms with E-state index in [-0.39, 0.29) is 5.56 Å². The maximum atomic E-state index is 12.6. The number of nitrogens with zero attached hydrogens (tertiary/aromatic N) is 1. The van der Waals surface area contributed by atoms with E-state index in [1.54, 1.807) is 18.4 Å². The molecular formula is C15H20N2O2S. The molecule has 2 aromatic heterocycles. The molecular weight excluding hydrogens is 272 g/mol. The average molecular weight is 292 g/mol. The molecule has 0 amide bonds. The van der Waals surface area contributed by atoms with Crippen molar-refractivity contribution >= 4 is 11.3 Å². The van der Waals surface area contributed by atoms with Crippen molar-refractivity contribution in [2.45, 2.75) is 19.5 Å². The summed E-state index contributed by atoms with van der Waals surface area (Å²) in [7, 11) is 3.53. The van der Waals surface area contributed by atoms with E-state index >= 15 is 0 Å². The lowest BCUT2D eigenvalue weighted by Gasteiger charge is -2.13. The number of aromatic nitrogens is 1. The predicted molar refractivity (Wildman–Crippen MR) is 83.3 cm³/mol. The monoisotopic (exact) mass is 292 g/mol. The highest BCUT2D eigenvalue weighted by atomic mass is 32.1. The van der Waals surface area contributed by atoms with Crippen LogP contribution in [0.5, 0.6) is 0 Å². The second-order valence-electron chi connectivity index (χ2n) is 4.55. The number of hydrogen-bond acceptors (Lipinski definition) is 4. The highest BCUT2D eigenvalue weighted by molar-refractivity contribution is 7.13. The highest BCUT2D eigenvalue weighted by Gasteiger charge is 2.10. The van der Waals surface area contributed by atoms with Gasteiger partial charge in [0, 0.05) is 32.4 Å². The van der Waals surface area contributed by atoms with Gasteiger partial charge in [0.1, 0.15) is 0 Å². The SMILES string of the molecule is CNCc1ccc(-c2cccs2)n(CCCOC)c1=O. The van der Waals surface area contributed by atoms with Crippen LogP contribution in [-0.2, 0) is 17.8 Å². The van der Waals surface area contributed by atoms with Crippen molar-refractivity contribution in [3.63, 3.8) is 0 Å². The van der Waals surface area contributed by atoms with Crippen LogP contribution in [0.4, 0.5) is 0 Å². The van der Waals surface area contributed by atoms with Crippen LogP contribution in [0.15, 0.2) is 34.4 Å². The number of hydrogen-bond donors (Lipinski definition) is 1. The van der Waals surface area contributed by atoms with E-state index in [1.807, 2.05) is 41.3 Å². The minimum atomic E-state index is 0.0846. The van der Waals surface area contributed by atoms with E-state index in [9.17, 15) is 4.79 Å². The summed E-state index contributed by atoms with van der Waals surface area (Å²) >= 11 is 1.65. The Balaban J connectivity index is 2.40. The third kappa shape index (κ3) is 3.36. The molecule has 1 N–H and O–H groups in total. The normalized spacial score (nSPS) is 10.9. The minimum absolute atomic E-state index is 0.0846. The number of thiophene rings is 1. The molecule has 0 bridgehead atoms. The van der Waals surface area contributed by atoms with E-state index in [0.29, 0.717) is 19.7 Å². The fraction of sp³-hybridized carbons (Fsp3) is 0.400. The molecule has 0 unspecified atom stereocenters. The summed E-state index contributed by atoms with van der Waals surface area (Å²) in [5.74, 6) is 0. The van der Waals surface area contributed by atoms with Gasteiger partial charge < -0.3 is 14.6 Å². The number of rotatable bonds is 7. The van der Waals surface area contributed by atoms with Gasteiger partial charge in [-0.1, -0.05) is 12.1 Å². The molecule has 2 aromatic rings. The van der Waals surface area contributed by atoms with Gasteiger partial charge >= 0.3 is 0 Å². The van der Waals surface area contributed by atoms with Crippen molar-refractivity contribution in [3.05, 3.63) is 45.6 Å². The average Bonchev–Trinajstić information content (AvgIpc) is 2.97. The lowest BCUT2D eigenvalue weighted by atomic mass is 10.2. The molecule has 2 rings (SSSR count). The van der Waals surface area contributed by atoms with E-state index < -0.39 is 0 Å².